The van der Waals surface area contributed by atoms with Crippen molar-refractivity contribution in [3.8, 4) is 17.0 Å². The van der Waals surface area contributed by atoms with Crippen LogP contribution in [0.4, 0.5) is 10.2 Å². The molecule has 1 aromatic carbocycles. The Morgan fingerprint density at radius 1 is 1.15 bits per heavy atom. The van der Waals surface area contributed by atoms with E-state index < -0.39 is 0 Å². The highest BCUT2D eigenvalue weighted by Crippen LogP contribution is 2.36. The largest absolute Gasteiger partial charge is 0.487 e. The first-order chi connectivity index (χ1) is 16.5. The molecule has 0 bridgehead atoms. The number of aromatic nitrogens is 4. The Morgan fingerprint density at radius 3 is 2.68 bits per heavy atom. The lowest BCUT2D eigenvalue weighted by Crippen LogP contribution is -2.26. The number of para-hydroxylation sites is 1. The van der Waals surface area contributed by atoms with E-state index in [9.17, 15) is 9.18 Å². The van der Waals surface area contributed by atoms with E-state index in [1.807, 2.05) is 25.3 Å². The first-order valence-corrected chi connectivity index (χ1v) is 11.7. The molecule has 176 valence electrons. The zero-order valence-electron chi connectivity index (χ0n) is 19.4. The molecule has 0 aliphatic heterocycles. The summed E-state index contributed by atoms with van der Waals surface area (Å²) in [5.41, 5.74) is 2.44. The van der Waals surface area contributed by atoms with Gasteiger partial charge >= 0.3 is 0 Å². The number of pyridine rings is 2. The van der Waals surface area contributed by atoms with Crippen molar-refractivity contribution < 1.29 is 9.13 Å². The van der Waals surface area contributed by atoms with E-state index >= 15 is 0 Å². The lowest BCUT2D eigenvalue weighted by Gasteiger charge is -2.29. The highest BCUT2D eigenvalue weighted by atomic mass is 19.1. The maximum Gasteiger partial charge on any atom is 0.250 e. The molecule has 0 atom stereocenters. The van der Waals surface area contributed by atoms with Gasteiger partial charge in [-0.25, -0.2) is 9.37 Å². The van der Waals surface area contributed by atoms with Crippen molar-refractivity contribution in [2.24, 2.45) is 7.05 Å². The number of aryl methyl sites for hydroxylation is 1. The summed E-state index contributed by atoms with van der Waals surface area (Å²) in [6.07, 6.45) is 6.92. The number of anilines is 1. The number of hydrogen-bond donors (Lipinski definition) is 1. The summed E-state index contributed by atoms with van der Waals surface area (Å²) in [7, 11) is 1.73. The van der Waals surface area contributed by atoms with Crippen molar-refractivity contribution in [1.29, 1.82) is 0 Å². The molecule has 1 fully saturated rings. The second kappa shape index (κ2) is 9.29. The fourth-order valence-corrected chi connectivity index (χ4v) is 4.62. The Labute approximate surface area is 197 Å². The van der Waals surface area contributed by atoms with Gasteiger partial charge in [-0.1, -0.05) is 12.1 Å². The molecule has 5 rings (SSSR count). The van der Waals surface area contributed by atoms with Crippen molar-refractivity contribution in [3.63, 3.8) is 0 Å². The number of fused-ring (bicyclic) bond motifs is 1. The van der Waals surface area contributed by atoms with E-state index in [-0.39, 0.29) is 23.5 Å². The van der Waals surface area contributed by atoms with Crippen LogP contribution in [0.5, 0.6) is 5.75 Å². The Hall–Kier alpha value is -3.68. The zero-order valence-corrected chi connectivity index (χ0v) is 19.4. The molecule has 34 heavy (non-hydrogen) atoms. The van der Waals surface area contributed by atoms with E-state index in [4.69, 9.17) is 9.84 Å². The van der Waals surface area contributed by atoms with Crippen LogP contribution in [0, 0.1) is 5.82 Å². The van der Waals surface area contributed by atoms with Gasteiger partial charge in [-0.05, 0) is 50.8 Å². The van der Waals surface area contributed by atoms with Crippen molar-refractivity contribution in [1.82, 2.24) is 19.3 Å². The van der Waals surface area contributed by atoms with Gasteiger partial charge in [0.15, 0.2) is 11.6 Å². The number of benzene rings is 1. The fourth-order valence-electron chi connectivity index (χ4n) is 4.62. The van der Waals surface area contributed by atoms with Crippen LogP contribution in [0.3, 0.4) is 0 Å². The quantitative estimate of drug-likeness (QED) is 0.441. The average Bonchev–Trinajstić information content (AvgIpc) is 3.22. The number of rotatable bonds is 6. The molecule has 1 aliphatic rings. The minimum Gasteiger partial charge on any atom is -0.487 e. The average molecular weight is 462 g/mol. The zero-order chi connectivity index (χ0) is 23.7. The maximum absolute atomic E-state index is 14.0. The van der Waals surface area contributed by atoms with Crippen molar-refractivity contribution >= 4 is 16.7 Å². The number of nitrogens with one attached hydrogen (secondary N) is 1. The third-order valence-corrected chi connectivity index (χ3v) is 6.45. The van der Waals surface area contributed by atoms with Crippen LogP contribution >= 0.6 is 0 Å². The van der Waals surface area contributed by atoms with Crippen molar-refractivity contribution in [3.05, 3.63) is 71.0 Å². The highest BCUT2D eigenvalue weighted by molar-refractivity contribution is 5.93. The van der Waals surface area contributed by atoms with Gasteiger partial charge in [-0.2, -0.15) is 5.10 Å². The lowest BCUT2D eigenvalue weighted by molar-refractivity contribution is 0.126. The Bertz CT molecular complexity index is 1370. The lowest BCUT2D eigenvalue weighted by atomic mass is 9.93. The fraction of sp³-hybridized carbons (Fsp3) is 0.346. The van der Waals surface area contributed by atoms with E-state index in [2.05, 4.69) is 15.0 Å². The highest BCUT2D eigenvalue weighted by Gasteiger charge is 2.27. The number of ether oxygens (including phenoxy) is 1. The van der Waals surface area contributed by atoms with Crippen LogP contribution in [0.25, 0.3) is 22.2 Å². The summed E-state index contributed by atoms with van der Waals surface area (Å²) >= 11 is 0. The molecule has 3 aromatic heterocycles. The van der Waals surface area contributed by atoms with Crippen molar-refractivity contribution in [2.45, 2.75) is 44.8 Å². The molecule has 1 aliphatic carbocycles. The minimum absolute atomic E-state index is 0.0226. The number of nitrogens with zero attached hydrogens (tertiary/aromatic N) is 4. The van der Waals surface area contributed by atoms with E-state index in [0.29, 0.717) is 5.75 Å². The summed E-state index contributed by atoms with van der Waals surface area (Å²) in [6, 6.07) is 12.3. The topological polar surface area (TPSA) is 74.0 Å². The molecule has 4 aromatic rings. The molecule has 0 saturated heterocycles. The van der Waals surface area contributed by atoms with Crippen LogP contribution in [0.1, 0.15) is 38.6 Å². The molecule has 7 nitrogen and oxygen atoms in total. The molecule has 0 radical (unpaired) electrons. The molecular weight excluding hydrogens is 433 g/mol. The SMILES string of the molecule is CCNc1cc2c(cn1)c(-c1ccn(C)c(=O)c1)nn2[C@H]1CC[C@@H](Oc2ccccc2F)CC1. The first-order valence-electron chi connectivity index (χ1n) is 11.7. The van der Waals surface area contributed by atoms with Gasteiger partial charge in [0.1, 0.15) is 11.5 Å². The predicted octanol–water partition coefficient (Wildman–Crippen LogP) is 4.93. The standard InChI is InChI=1S/C26H28FN5O2/c1-3-28-24-15-22-20(16-29-24)26(17-12-13-31(2)25(33)14-17)30-32(22)18-8-10-19(11-9-18)34-23-7-5-4-6-21(23)27/h4-7,12-16,18-19H,3,8-11H2,1-2H3,(H,28,29)/t18-,19+. The van der Waals surface area contributed by atoms with Gasteiger partial charge in [0.05, 0.1) is 17.7 Å². The van der Waals surface area contributed by atoms with E-state index in [1.165, 1.54) is 6.07 Å². The van der Waals surface area contributed by atoms with Gasteiger partial charge in [0.25, 0.3) is 5.56 Å². The van der Waals surface area contributed by atoms with Crippen LogP contribution in [-0.4, -0.2) is 32.0 Å². The smallest absolute Gasteiger partial charge is 0.250 e. The molecule has 0 unspecified atom stereocenters. The van der Waals surface area contributed by atoms with Crippen LogP contribution in [0.15, 0.2) is 59.7 Å². The molecule has 8 heteroatoms. The van der Waals surface area contributed by atoms with Gasteiger partial charge < -0.3 is 14.6 Å². The minimum atomic E-state index is -0.329. The second-order valence-electron chi connectivity index (χ2n) is 8.75. The second-order valence-corrected chi connectivity index (χ2v) is 8.75. The third kappa shape index (κ3) is 4.27. The predicted molar refractivity (Wildman–Crippen MR) is 131 cm³/mol. The molecule has 0 spiro atoms. The number of halogens is 1. The molecule has 1 saturated carbocycles. The van der Waals surface area contributed by atoms with Gasteiger partial charge in [0, 0.05) is 49.1 Å². The van der Waals surface area contributed by atoms with Crippen LogP contribution in [0.2, 0.25) is 0 Å². The van der Waals surface area contributed by atoms with Gasteiger partial charge in [0.2, 0.25) is 0 Å². The normalized spacial score (nSPS) is 18.2. The summed E-state index contributed by atoms with van der Waals surface area (Å²) in [5.74, 6) is 0.776. The van der Waals surface area contributed by atoms with Gasteiger partial charge in [-0.3, -0.25) is 9.48 Å². The first kappa shape index (κ1) is 22.1. The van der Waals surface area contributed by atoms with E-state index in [1.54, 1.807) is 42.1 Å². The summed E-state index contributed by atoms with van der Waals surface area (Å²) in [4.78, 5) is 16.8. The van der Waals surface area contributed by atoms with Crippen molar-refractivity contribution in [2.75, 3.05) is 11.9 Å². The Morgan fingerprint density at radius 2 is 1.94 bits per heavy atom. The summed E-state index contributed by atoms with van der Waals surface area (Å²) < 4.78 is 23.6. The number of hydrogen-bond acceptors (Lipinski definition) is 5. The molecule has 3 heterocycles. The van der Waals surface area contributed by atoms with Crippen LogP contribution in [-0.2, 0) is 7.05 Å². The maximum atomic E-state index is 14.0. The van der Waals surface area contributed by atoms with Crippen LogP contribution < -0.4 is 15.6 Å². The van der Waals surface area contributed by atoms with E-state index in [0.717, 1.165) is 60.2 Å². The van der Waals surface area contributed by atoms with Gasteiger partial charge in [-0.15, -0.1) is 0 Å². The summed E-state index contributed by atoms with van der Waals surface area (Å²) in [6.45, 7) is 2.80. The third-order valence-electron chi connectivity index (χ3n) is 6.45. The molecule has 0 amide bonds. The molecular formula is C26H28FN5O2. The summed E-state index contributed by atoms with van der Waals surface area (Å²) in [5, 5.41) is 9.17. The monoisotopic (exact) mass is 461 g/mol. The molecule has 1 N–H and O–H groups in total. The Balaban J connectivity index is 1.45. The Kier molecular flexibility index (Phi) is 6.04.